The number of amides is 4. The first-order valence-corrected chi connectivity index (χ1v) is 7.42. The molecule has 0 bridgehead atoms. The third-order valence-corrected chi connectivity index (χ3v) is 3.61. The maximum absolute atomic E-state index is 12.1. The van der Waals surface area contributed by atoms with E-state index in [1.807, 2.05) is 0 Å². The first-order valence-electron chi connectivity index (χ1n) is 5.05. The number of imide groups is 1. The van der Waals surface area contributed by atoms with Gasteiger partial charge in [-0.15, -0.1) is 0 Å². The SMILES string of the molecule is CCOC(=N)N(C(=O)N(C)C)C(=O)N(SC)SC. The molecule has 0 heterocycles. The minimum absolute atomic E-state index is 0.210. The van der Waals surface area contributed by atoms with E-state index >= 15 is 0 Å². The van der Waals surface area contributed by atoms with Crippen LogP contribution in [0, 0.1) is 5.41 Å². The smallest absolute Gasteiger partial charge is 0.356 e. The van der Waals surface area contributed by atoms with Crippen molar-refractivity contribution in [3.63, 3.8) is 0 Å². The number of nitrogens with one attached hydrogen (secondary N) is 1. The topological polar surface area (TPSA) is 76.9 Å². The third kappa shape index (κ3) is 4.30. The minimum Gasteiger partial charge on any atom is -0.465 e. The van der Waals surface area contributed by atoms with Gasteiger partial charge in [0.2, 0.25) is 0 Å². The van der Waals surface area contributed by atoms with Crippen LogP contribution < -0.4 is 0 Å². The highest BCUT2D eigenvalue weighted by Gasteiger charge is 2.32. The molecule has 4 amide bonds. The van der Waals surface area contributed by atoms with Gasteiger partial charge in [0.25, 0.3) is 0 Å². The highest BCUT2D eigenvalue weighted by molar-refractivity contribution is 8.12. The molecule has 1 N–H and O–H groups in total. The molecule has 0 aliphatic rings. The van der Waals surface area contributed by atoms with Gasteiger partial charge in [0.1, 0.15) is 0 Å². The van der Waals surface area contributed by atoms with Crippen molar-refractivity contribution in [1.29, 1.82) is 5.41 Å². The largest absolute Gasteiger partial charge is 0.465 e. The van der Waals surface area contributed by atoms with E-state index < -0.39 is 18.1 Å². The van der Waals surface area contributed by atoms with Crippen molar-refractivity contribution in [3.05, 3.63) is 0 Å². The zero-order chi connectivity index (χ0) is 14.3. The second kappa shape index (κ2) is 8.09. The van der Waals surface area contributed by atoms with Gasteiger partial charge in [-0.25, -0.2) is 13.3 Å². The number of carbonyl (C=O) groups is 2. The monoisotopic (exact) mass is 294 g/mol. The highest BCUT2D eigenvalue weighted by atomic mass is 32.2. The van der Waals surface area contributed by atoms with Crippen molar-refractivity contribution in [2.45, 2.75) is 6.92 Å². The summed E-state index contributed by atoms with van der Waals surface area (Å²) in [5.41, 5.74) is 0. The summed E-state index contributed by atoms with van der Waals surface area (Å²) in [5.74, 6) is 0. The third-order valence-electron chi connectivity index (χ3n) is 1.74. The summed E-state index contributed by atoms with van der Waals surface area (Å²) in [6.07, 6.45) is 3.41. The van der Waals surface area contributed by atoms with E-state index in [4.69, 9.17) is 10.1 Å². The second-order valence-corrected chi connectivity index (χ2v) is 4.85. The molecule has 18 heavy (non-hydrogen) atoms. The molecule has 0 radical (unpaired) electrons. The molecular formula is C9H18N4O3S2. The Balaban J connectivity index is 5.14. The quantitative estimate of drug-likeness (QED) is 0.489. The standard InChI is InChI=1S/C9H18N4O3S2/c1-6-16-7(10)12(8(14)11(2)3)9(15)13(17-4)18-5/h10H,6H2,1-5H3. The van der Waals surface area contributed by atoms with Gasteiger partial charge in [-0.3, -0.25) is 5.41 Å². The zero-order valence-corrected chi connectivity index (χ0v) is 12.7. The number of hydrogen-bond acceptors (Lipinski definition) is 6. The van der Waals surface area contributed by atoms with Crippen LogP contribution in [0.4, 0.5) is 9.59 Å². The van der Waals surface area contributed by atoms with Gasteiger partial charge in [-0.05, 0) is 30.8 Å². The van der Waals surface area contributed by atoms with Crippen LogP contribution in [0.25, 0.3) is 0 Å². The molecule has 0 spiro atoms. The zero-order valence-electron chi connectivity index (χ0n) is 11.1. The van der Waals surface area contributed by atoms with Gasteiger partial charge < -0.3 is 9.64 Å². The molecule has 0 fully saturated rings. The summed E-state index contributed by atoms with van der Waals surface area (Å²) in [6.45, 7) is 1.89. The Morgan fingerprint density at radius 2 is 1.67 bits per heavy atom. The van der Waals surface area contributed by atoms with Crippen LogP contribution >= 0.6 is 23.9 Å². The van der Waals surface area contributed by atoms with E-state index in [1.165, 1.54) is 22.7 Å². The Morgan fingerprint density at radius 3 is 2.00 bits per heavy atom. The molecule has 0 aromatic carbocycles. The van der Waals surface area contributed by atoms with Crippen LogP contribution in [0.15, 0.2) is 0 Å². The van der Waals surface area contributed by atoms with Gasteiger partial charge in [0, 0.05) is 26.6 Å². The lowest BCUT2D eigenvalue weighted by Gasteiger charge is -2.27. The van der Waals surface area contributed by atoms with E-state index in [1.54, 1.807) is 19.4 Å². The molecule has 104 valence electrons. The van der Waals surface area contributed by atoms with Gasteiger partial charge >= 0.3 is 18.1 Å². The van der Waals surface area contributed by atoms with E-state index in [0.29, 0.717) is 4.90 Å². The van der Waals surface area contributed by atoms with Gasteiger partial charge in [0.15, 0.2) is 0 Å². The predicted molar refractivity (Wildman–Crippen MR) is 74.5 cm³/mol. The summed E-state index contributed by atoms with van der Waals surface area (Å²) in [5, 5.41) is 7.63. The summed E-state index contributed by atoms with van der Waals surface area (Å²) < 4.78 is 6.22. The van der Waals surface area contributed by atoms with E-state index in [0.717, 1.165) is 23.9 Å². The van der Waals surface area contributed by atoms with Crippen LogP contribution in [0.3, 0.4) is 0 Å². The summed E-state index contributed by atoms with van der Waals surface area (Å²) in [6, 6.07) is -1.71. The molecule has 0 saturated heterocycles. The van der Waals surface area contributed by atoms with Crippen molar-refractivity contribution in [3.8, 4) is 0 Å². The number of urea groups is 2. The van der Waals surface area contributed by atoms with E-state index in [2.05, 4.69) is 0 Å². The van der Waals surface area contributed by atoms with Crippen molar-refractivity contribution < 1.29 is 14.3 Å². The molecule has 0 saturated carbocycles. The number of ether oxygens (including phenoxy) is 1. The number of nitrogens with zero attached hydrogens (tertiary/aromatic N) is 3. The number of carbonyl (C=O) groups excluding carboxylic acids is 2. The fraction of sp³-hybridized carbons (Fsp3) is 0.667. The average Bonchev–Trinajstić information content (AvgIpc) is 2.31. The molecular weight excluding hydrogens is 276 g/mol. The second-order valence-electron chi connectivity index (χ2n) is 3.16. The van der Waals surface area contributed by atoms with Gasteiger partial charge in [0.05, 0.1) is 6.61 Å². The molecule has 0 atom stereocenters. The fourth-order valence-corrected chi connectivity index (χ4v) is 2.04. The van der Waals surface area contributed by atoms with Crippen molar-refractivity contribution in [2.75, 3.05) is 33.2 Å². The maximum atomic E-state index is 12.1. The number of rotatable bonds is 3. The molecule has 0 unspecified atom stereocenters. The molecule has 0 aromatic rings. The van der Waals surface area contributed by atoms with Crippen LogP contribution in [0.5, 0.6) is 0 Å². The predicted octanol–water partition coefficient (Wildman–Crippen LogP) is 1.92. The van der Waals surface area contributed by atoms with E-state index in [9.17, 15) is 9.59 Å². The number of amidine groups is 1. The summed E-state index contributed by atoms with van der Waals surface area (Å²) in [4.78, 5) is 25.9. The lowest BCUT2D eigenvalue weighted by atomic mass is 10.6. The Labute approximate surface area is 116 Å². The minimum atomic E-state index is -0.619. The lowest BCUT2D eigenvalue weighted by molar-refractivity contribution is 0.171. The van der Waals surface area contributed by atoms with Crippen LogP contribution in [0.1, 0.15) is 6.92 Å². The Hall–Kier alpha value is -1.09. The molecule has 0 aliphatic heterocycles. The van der Waals surface area contributed by atoms with Gasteiger partial charge in [-0.2, -0.15) is 4.90 Å². The molecule has 0 rings (SSSR count). The number of hydrogen-bond donors (Lipinski definition) is 1. The Morgan fingerprint density at radius 1 is 1.17 bits per heavy atom. The first-order chi connectivity index (χ1) is 8.40. The molecule has 7 nitrogen and oxygen atoms in total. The first kappa shape index (κ1) is 16.9. The molecule has 9 heteroatoms. The summed E-state index contributed by atoms with van der Waals surface area (Å²) in [7, 11) is 3.01. The van der Waals surface area contributed by atoms with Crippen molar-refractivity contribution in [1.82, 2.24) is 13.5 Å². The van der Waals surface area contributed by atoms with Crippen LogP contribution in [-0.2, 0) is 4.74 Å². The normalized spacial score (nSPS) is 9.61. The van der Waals surface area contributed by atoms with Crippen molar-refractivity contribution >= 4 is 42.0 Å². The van der Waals surface area contributed by atoms with Crippen LogP contribution in [0.2, 0.25) is 0 Å². The Bertz CT molecular complexity index is 321. The van der Waals surface area contributed by atoms with Crippen LogP contribution in [-0.4, -0.2) is 64.8 Å². The van der Waals surface area contributed by atoms with E-state index in [-0.39, 0.29) is 6.61 Å². The Kier molecular flexibility index (Phi) is 7.60. The maximum Gasteiger partial charge on any atom is 0.356 e. The lowest BCUT2D eigenvalue weighted by Crippen LogP contribution is -2.50. The fourth-order valence-electron chi connectivity index (χ4n) is 0.969. The molecule has 0 aromatic heterocycles. The van der Waals surface area contributed by atoms with Gasteiger partial charge in [-0.1, -0.05) is 0 Å². The average molecular weight is 294 g/mol. The van der Waals surface area contributed by atoms with Crippen molar-refractivity contribution in [2.24, 2.45) is 0 Å². The highest BCUT2D eigenvalue weighted by Crippen LogP contribution is 2.20. The molecule has 0 aliphatic carbocycles. The summed E-state index contributed by atoms with van der Waals surface area (Å²) >= 11 is 2.31.